The molecule has 0 amide bonds. The second kappa shape index (κ2) is 7.40. The average Bonchev–Trinajstić information content (AvgIpc) is 2.48. The van der Waals surface area contributed by atoms with E-state index in [0.29, 0.717) is 18.2 Å². The van der Waals surface area contributed by atoms with Crippen LogP contribution < -0.4 is 5.32 Å². The first-order valence-electron chi connectivity index (χ1n) is 7.66. The van der Waals surface area contributed by atoms with Gasteiger partial charge in [-0.15, -0.1) is 0 Å². The molecular weight excluding hydrogens is 251 g/mol. The fourth-order valence-electron chi connectivity index (χ4n) is 3.25. The first kappa shape index (κ1) is 15.0. The average molecular weight is 274 g/mol. The Morgan fingerprint density at radius 2 is 2.05 bits per heavy atom. The van der Waals surface area contributed by atoms with Crippen LogP contribution >= 0.6 is 0 Å². The van der Waals surface area contributed by atoms with Crippen molar-refractivity contribution in [3.63, 3.8) is 0 Å². The molecule has 0 bridgehead atoms. The number of rotatable bonds is 5. The maximum atomic E-state index is 13.4. The highest BCUT2D eigenvalue weighted by Crippen LogP contribution is 2.27. The van der Waals surface area contributed by atoms with Crippen LogP contribution in [0.15, 0.2) is 18.2 Å². The molecule has 2 nitrogen and oxygen atoms in total. The fourth-order valence-corrected chi connectivity index (χ4v) is 3.25. The lowest BCUT2D eigenvalue weighted by molar-refractivity contribution is 0.261. The van der Waals surface area contributed by atoms with Crippen molar-refractivity contribution in [3.05, 3.63) is 35.1 Å². The van der Waals surface area contributed by atoms with Crippen LogP contribution in [0.3, 0.4) is 0 Å². The lowest BCUT2D eigenvalue weighted by Crippen LogP contribution is -2.36. The number of halogens is 1. The molecule has 0 saturated heterocycles. The van der Waals surface area contributed by atoms with Crippen molar-refractivity contribution in [1.82, 2.24) is 5.32 Å². The molecule has 1 aliphatic carbocycles. The summed E-state index contributed by atoms with van der Waals surface area (Å²) in [5, 5.41) is 12.4. The highest BCUT2D eigenvalue weighted by atomic mass is 19.1. The number of nitriles is 1. The molecule has 1 saturated carbocycles. The van der Waals surface area contributed by atoms with Gasteiger partial charge in [0.25, 0.3) is 0 Å². The van der Waals surface area contributed by atoms with E-state index in [-0.39, 0.29) is 5.82 Å². The zero-order valence-electron chi connectivity index (χ0n) is 12.2. The number of hydrogen-bond acceptors (Lipinski definition) is 2. The van der Waals surface area contributed by atoms with Crippen LogP contribution in [0.25, 0.3) is 0 Å². The van der Waals surface area contributed by atoms with Gasteiger partial charge in [0, 0.05) is 12.6 Å². The Bertz CT molecular complexity index is 472. The van der Waals surface area contributed by atoms with Gasteiger partial charge in [0.15, 0.2) is 0 Å². The smallest absolute Gasteiger partial charge is 0.124 e. The third kappa shape index (κ3) is 4.05. The van der Waals surface area contributed by atoms with Crippen molar-refractivity contribution in [1.29, 1.82) is 5.26 Å². The summed E-state index contributed by atoms with van der Waals surface area (Å²) in [7, 11) is 0. The zero-order chi connectivity index (χ0) is 14.4. The van der Waals surface area contributed by atoms with Crippen molar-refractivity contribution < 1.29 is 4.39 Å². The van der Waals surface area contributed by atoms with E-state index in [1.165, 1.54) is 44.2 Å². The molecule has 0 spiro atoms. The van der Waals surface area contributed by atoms with Gasteiger partial charge in [-0.1, -0.05) is 26.2 Å². The monoisotopic (exact) mass is 274 g/mol. The van der Waals surface area contributed by atoms with Crippen LogP contribution in [0.5, 0.6) is 0 Å². The molecule has 20 heavy (non-hydrogen) atoms. The molecule has 0 aliphatic heterocycles. The van der Waals surface area contributed by atoms with Gasteiger partial charge in [0.05, 0.1) is 11.6 Å². The molecule has 1 aliphatic rings. The number of nitrogens with one attached hydrogen (secondary N) is 1. The number of hydrogen-bond donors (Lipinski definition) is 1. The molecule has 0 heterocycles. The zero-order valence-corrected chi connectivity index (χ0v) is 12.2. The maximum absolute atomic E-state index is 13.4. The van der Waals surface area contributed by atoms with Crippen LogP contribution in [0.1, 0.15) is 56.6 Å². The predicted molar refractivity (Wildman–Crippen MR) is 78.6 cm³/mol. The van der Waals surface area contributed by atoms with E-state index in [2.05, 4.69) is 12.2 Å². The Balaban J connectivity index is 1.95. The molecule has 1 atom stereocenters. The van der Waals surface area contributed by atoms with Gasteiger partial charge in [-0.05, 0) is 48.9 Å². The van der Waals surface area contributed by atoms with Crippen LogP contribution in [0.2, 0.25) is 0 Å². The van der Waals surface area contributed by atoms with Gasteiger partial charge in [-0.3, -0.25) is 0 Å². The standard InChI is InChI=1S/C17H23FN2/c1-2-17(15-6-4-3-5-7-15)20-12-14-8-13(11-19)9-16(18)10-14/h8-10,15,17,20H,2-7,12H2,1H3. The van der Waals surface area contributed by atoms with E-state index in [4.69, 9.17) is 5.26 Å². The van der Waals surface area contributed by atoms with Gasteiger partial charge in [-0.25, -0.2) is 4.39 Å². The molecule has 3 heteroatoms. The Kier molecular flexibility index (Phi) is 5.55. The van der Waals surface area contributed by atoms with E-state index in [0.717, 1.165) is 17.9 Å². The first-order chi connectivity index (χ1) is 9.72. The van der Waals surface area contributed by atoms with E-state index >= 15 is 0 Å². The van der Waals surface area contributed by atoms with E-state index in [1.54, 1.807) is 6.07 Å². The summed E-state index contributed by atoms with van der Waals surface area (Å²) in [6, 6.07) is 7.07. The summed E-state index contributed by atoms with van der Waals surface area (Å²) in [5.41, 5.74) is 1.25. The summed E-state index contributed by atoms with van der Waals surface area (Å²) in [5.74, 6) is 0.421. The SMILES string of the molecule is CCC(NCc1cc(F)cc(C#N)c1)C1CCCCC1. The second-order valence-electron chi connectivity index (χ2n) is 5.75. The Morgan fingerprint density at radius 1 is 1.30 bits per heavy atom. The van der Waals surface area contributed by atoms with Gasteiger partial charge in [0.2, 0.25) is 0 Å². The minimum absolute atomic E-state index is 0.327. The predicted octanol–water partition coefficient (Wildman–Crippen LogP) is 4.15. The highest BCUT2D eigenvalue weighted by molar-refractivity contribution is 5.33. The normalized spacial score (nSPS) is 17.6. The van der Waals surface area contributed by atoms with Crippen molar-refractivity contribution in [2.75, 3.05) is 0 Å². The van der Waals surface area contributed by atoms with Crippen LogP contribution in [0, 0.1) is 23.1 Å². The van der Waals surface area contributed by atoms with Crippen molar-refractivity contribution >= 4 is 0 Å². The van der Waals surface area contributed by atoms with Gasteiger partial charge < -0.3 is 5.32 Å². The van der Waals surface area contributed by atoms with E-state index in [9.17, 15) is 4.39 Å². The van der Waals surface area contributed by atoms with Gasteiger partial charge in [0.1, 0.15) is 5.82 Å². The van der Waals surface area contributed by atoms with Crippen LogP contribution in [0.4, 0.5) is 4.39 Å². The molecule has 108 valence electrons. The first-order valence-corrected chi connectivity index (χ1v) is 7.66. The summed E-state index contributed by atoms with van der Waals surface area (Å²) < 4.78 is 13.4. The Hall–Kier alpha value is -1.40. The van der Waals surface area contributed by atoms with Crippen molar-refractivity contribution in [2.24, 2.45) is 5.92 Å². The summed E-state index contributed by atoms with van der Waals surface area (Å²) in [6.07, 6.45) is 7.74. The molecule has 1 unspecified atom stereocenters. The molecular formula is C17H23FN2. The largest absolute Gasteiger partial charge is 0.310 e. The van der Waals surface area contributed by atoms with E-state index < -0.39 is 0 Å². The molecule has 1 aromatic rings. The summed E-state index contributed by atoms with van der Waals surface area (Å²) in [6.45, 7) is 2.85. The van der Waals surface area contributed by atoms with Gasteiger partial charge >= 0.3 is 0 Å². The Morgan fingerprint density at radius 3 is 2.70 bits per heavy atom. The van der Waals surface area contributed by atoms with Crippen molar-refractivity contribution in [2.45, 2.75) is 58.0 Å². The highest BCUT2D eigenvalue weighted by Gasteiger charge is 2.21. The van der Waals surface area contributed by atoms with Crippen molar-refractivity contribution in [3.8, 4) is 6.07 Å². The minimum atomic E-state index is -0.327. The lowest BCUT2D eigenvalue weighted by Gasteiger charge is -2.30. The summed E-state index contributed by atoms with van der Waals surface area (Å²) >= 11 is 0. The van der Waals surface area contributed by atoms with E-state index in [1.807, 2.05) is 6.07 Å². The quantitative estimate of drug-likeness (QED) is 0.875. The number of nitrogens with zero attached hydrogens (tertiary/aromatic N) is 1. The number of benzene rings is 1. The third-order valence-corrected chi connectivity index (χ3v) is 4.31. The minimum Gasteiger partial charge on any atom is -0.310 e. The topological polar surface area (TPSA) is 35.8 Å². The van der Waals surface area contributed by atoms with Crippen LogP contribution in [-0.2, 0) is 6.54 Å². The maximum Gasteiger partial charge on any atom is 0.124 e. The molecule has 0 radical (unpaired) electrons. The van der Waals surface area contributed by atoms with Crippen LogP contribution in [-0.4, -0.2) is 6.04 Å². The fraction of sp³-hybridized carbons (Fsp3) is 0.588. The molecule has 0 aromatic heterocycles. The second-order valence-corrected chi connectivity index (χ2v) is 5.75. The lowest BCUT2D eigenvalue weighted by atomic mass is 9.83. The van der Waals surface area contributed by atoms with Gasteiger partial charge in [-0.2, -0.15) is 5.26 Å². The Labute approximate surface area is 121 Å². The molecule has 1 fully saturated rings. The third-order valence-electron chi connectivity index (χ3n) is 4.31. The molecule has 1 aromatic carbocycles. The molecule has 2 rings (SSSR count). The molecule has 1 N–H and O–H groups in total. The summed E-state index contributed by atoms with van der Waals surface area (Å²) in [4.78, 5) is 0.